The fourth-order valence-electron chi connectivity index (χ4n) is 1.65. The van der Waals surface area contributed by atoms with Crippen molar-refractivity contribution in [3.8, 4) is 0 Å². The van der Waals surface area contributed by atoms with Crippen LogP contribution in [0.4, 0.5) is 0 Å². The quantitative estimate of drug-likeness (QED) is 0.766. The molecule has 0 saturated carbocycles. The molecular weight excluding hydrogens is 248 g/mol. The Morgan fingerprint density at radius 3 is 2.93 bits per heavy atom. The molecule has 0 aromatic carbocycles. The molecule has 2 heterocycles. The number of hydrogen-bond acceptors (Lipinski definition) is 3. The minimum atomic E-state index is 0.0122. The average molecular weight is 259 g/mol. The van der Waals surface area contributed by atoms with Crippen LogP contribution >= 0.6 is 15.9 Å². The Morgan fingerprint density at radius 1 is 1.64 bits per heavy atom. The zero-order chi connectivity index (χ0) is 10.1. The molecule has 1 atom stereocenters. The van der Waals surface area contributed by atoms with E-state index in [1.54, 1.807) is 13.0 Å². The molecule has 1 aliphatic heterocycles. The summed E-state index contributed by atoms with van der Waals surface area (Å²) in [5, 5.41) is 0. The van der Waals surface area contributed by atoms with Crippen molar-refractivity contribution in [3.05, 3.63) is 22.1 Å². The van der Waals surface area contributed by atoms with Gasteiger partial charge >= 0.3 is 0 Å². The van der Waals surface area contributed by atoms with E-state index in [1.165, 1.54) is 0 Å². The summed E-state index contributed by atoms with van der Waals surface area (Å²) in [4.78, 5) is 11.9. The molecule has 4 heteroatoms. The van der Waals surface area contributed by atoms with Crippen LogP contribution < -0.4 is 0 Å². The first-order valence-corrected chi connectivity index (χ1v) is 5.35. The normalized spacial score (nSPS) is 21.4. The van der Waals surface area contributed by atoms with Crippen molar-refractivity contribution in [1.82, 2.24) is 0 Å². The van der Waals surface area contributed by atoms with E-state index in [-0.39, 0.29) is 11.7 Å². The minimum Gasteiger partial charge on any atom is -0.454 e. The van der Waals surface area contributed by atoms with Gasteiger partial charge in [0.25, 0.3) is 0 Å². The molecule has 1 aliphatic rings. The molecule has 1 aromatic heterocycles. The fourth-order valence-corrected chi connectivity index (χ4v) is 2.12. The highest BCUT2D eigenvalue weighted by Gasteiger charge is 2.27. The molecule has 1 saturated heterocycles. The number of halogens is 1. The molecule has 0 N–H and O–H groups in total. The van der Waals surface area contributed by atoms with E-state index in [0.717, 1.165) is 6.42 Å². The third kappa shape index (κ3) is 1.77. The molecular formula is C10H11BrO3. The summed E-state index contributed by atoms with van der Waals surface area (Å²) in [6.45, 7) is 3.03. The lowest BCUT2D eigenvalue weighted by atomic mass is 9.98. The zero-order valence-electron chi connectivity index (χ0n) is 7.88. The van der Waals surface area contributed by atoms with Crippen molar-refractivity contribution in [1.29, 1.82) is 0 Å². The molecule has 0 spiro atoms. The van der Waals surface area contributed by atoms with Crippen LogP contribution in [0.25, 0.3) is 0 Å². The summed E-state index contributed by atoms with van der Waals surface area (Å²) in [5.41, 5.74) is 0.673. The maximum absolute atomic E-state index is 11.9. The topological polar surface area (TPSA) is 39.4 Å². The minimum absolute atomic E-state index is 0.0122. The van der Waals surface area contributed by atoms with Crippen molar-refractivity contribution < 1.29 is 13.9 Å². The van der Waals surface area contributed by atoms with Crippen molar-refractivity contribution in [2.75, 3.05) is 13.2 Å². The predicted octanol–water partition coefficient (Wildman–Crippen LogP) is 2.57. The number of rotatable bonds is 2. The lowest BCUT2D eigenvalue weighted by Crippen LogP contribution is -2.14. The van der Waals surface area contributed by atoms with Crippen LogP contribution in [0.15, 0.2) is 15.2 Å². The molecule has 2 rings (SSSR count). The van der Waals surface area contributed by atoms with Crippen molar-refractivity contribution >= 4 is 21.7 Å². The number of aryl methyl sites for hydroxylation is 1. The number of furan rings is 1. The SMILES string of the molecule is Cc1oc(Br)cc1C(=O)C1CCOC1. The zero-order valence-corrected chi connectivity index (χ0v) is 9.46. The van der Waals surface area contributed by atoms with Crippen LogP contribution in [0.3, 0.4) is 0 Å². The van der Waals surface area contributed by atoms with Gasteiger partial charge in [-0.1, -0.05) is 0 Å². The van der Waals surface area contributed by atoms with E-state index in [0.29, 0.717) is 29.2 Å². The van der Waals surface area contributed by atoms with E-state index in [4.69, 9.17) is 9.15 Å². The molecule has 0 aliphatic carbocycles. The first-order valence-electron chi connectivity index (χ1n) is 4.56. The monoisotopic (exact) mass is 258 g/mol. The molecule has 0 bridgehead atoms. The largest absolute Gasteiger partial charge is 0.454 e. The second-order valence-electron chi connectivity index (χ2n) is 3.45. The standard InChI is InChI=1S/C10H11BrO3/c1-6-8(4-9(11)14-6)10(12)7-2-3-13-5-7/h4,7H,2-3,5H2,1H3. The second-order valence-corrected chi connectivity index (χ2v) is 4.23. The molecule has 3 nitrogen and oxygen atoms in total. The first kappa shape index (κ1) is 9.93. The third-order valence-electron chi connectivity index (χ3n) is 2.45. The number of carbonyl (C=O) groups is 1. The van der Waals surface area contributed by atoms with Crippen LogP contribution in [0.2, 0.25) is 0 Å². The number of Topliss-reactive ketones (excluding diaryl/α,β-unsaturated/α-hetero) is 1. The Balaban J connectivity index is 2.21. The number of ether oxygens (including phenoxy) is 1. The summed E-state index contributed by atoms with van der Waals surface area (Å²) >= 11 is 3.21. The van der Waals surface area contributed by atoms with Gasteiger partial charge in [0.15, 0.2) is 10.5 Å². The molecule has 0 amide bonds. The highest BCUT2D eigenvalue weighted by Crippen LogP contribution is 2.25. The van der Waals surface area contributed by atoms with Gasteiger partial charge in [0.2, 0.25) is 0 Å². The molecule has 14 heavy (non-hydrogen) atoms. The predicted molar refractivity (Wildman–Crippen MR) is 54.4 cm³/mol. The number of ketones is 1. The Labute approximate surface area is 90.6 Å². The van der Waals surface area contributed by atoms with Crippen LogP contribution in [-0.4, -0.2) is 19.0 Å². The summed E-state index contributed by atoms with van der Waals surface area (Å²) in [6.07, 6.45) is 0.821. The molecule has 1 unspecified atom stereocenters. The van der Waals surface area contributed by atoms with Gasteiger partial charge in [0.05, 0.1) is 12.2 Å². The average Bonchev–Trinajstić information content (AvgIpc) is 2.73. The maximum Gasteiger partial charge on any atom is 0.171 e. The molecule has 76 valence electrons. The first-order chi connectivity index (χ1) is 6.68. The summed E-state index contributed by atoms with van der Waals surface area (Å²) < 4.78 is 11.0. The van der Waals surface area contributed by atoms with E-state index in [2.05, 4.69) is 15.9 Å². The summed E-state index contributed by atoms with van der Waals surface area (Å²) in [7, 11) is 0. The van der Waals surface area contributed by atoms with Gasteiger partial charge in [0.1, 0.15) is 5.76 Å². The highest BCUT2D eigenvalue weighted by atomic mass is 79.9. The van der Waals surface area contributed by atoms with Gasteiger partial charge in [-0.3, -0.25) is 4.79 Å². The Hall–Kier alpha value is -0.610. The Bertz CT molecular complexity index is 350. The van der Waals surface area contributed by atoms with Gasteiger partial charge in [-0.2, -0.15) is 0 Å². The van der Waals surface area contributed by atoms with Crippen molar-refractivity contribution in [2.45, 2.75) is 13.3 Å². The third-order valence-corrected chi connectivity index (χ3v) is 2.84. The highest BCUT2D eigenvalue weighted by molar-refractivity contribution is 9.10. The summed E-state index contributed by atoms with van der Waals surface area (Å²) in [5.74, 6) is 0.821. The number of hydrogen-bond donors (Lipinski definition) is 0. The van der Waals surface area contributed by atoms with Crippen LogP contribution in [0.5, 0.6) is 0 Å². The maximum atomic E-state index is 11.9. The molecule has 0 radical (unpaired) electrons. The molecule has 1 fully saturated rings. The lowest BCUT2D eigenvalue weighted by molar-refractivity contribution is 0.0899. The van der Waals surface area contributed by atoms with Gasteiger partial charge in [-0.25, -0.2) is 0 Å². The van der Waals surface area contributed by atoms with Crippen LogP contribution in [-0.2, 0) is 4.74 Å². The molecule has 1 aromatic rings. The lowest BCUT2D eigenvalue weighted by Gasteiger charge is -2.03. The second kappa shape index (κ2) is 3.87. The Morgan fingerprint density at radius 2 is 2.43 bits per heavy atom. The van der Waals surface area contributed by atoms with E-state index in [9.17, 15) is 4.79 Å². The van der Waals surface area contributed by atoms with Gasteiger partial charge < -0.3 is 9.15 Å². The van der Waals surface area contributed by atoms with Crippen LogP contribution in [0, 0.1) is 12.8 Å². The van der Waals surface area contributed by atoms with E-state index < -0.39 is 0 Å². The van der Waals surface area contributed by atoms with Gasteiger partial charge in [0, 0.05) is 18.6 Å². The van der Waals surface area contributed by atoms with E-state index in [1.807, 2.05) is 0 Å². The van der Waals surface area contributed by atoms with Crippen molar-refractivity contribution in [2.24, 2.45) is 5.92 Å². The van der Waals surface area contributed by atoms with Gasteiger partial charge in [-0.05, 0) is 29.3 Å². The number of carbonyl (C=O) groups excluding carboxylic acids is 1. The van der Waals surface area contributed by atoms with Crippen molar-refractivity contribution in [3.63, 3.8) is 0 Å². The van der Waals surface area contributed by atoms with Crippen LogP contribution in [0.1, 0.15) is 22.5 Å². The fraction of sp³-hybridized carbons (Fsp3) is 0.500. The van der Waals surface area contributed by atoms with Gasteiger partial charge in [-0.15, -0.1) is 0 Å². The Kier molecular flexibility index (Phi) is 2.74. The smallest absolute Gasteiger partial charge is 0.171 e. The summed E-state index contributed by atoms with van der Waals surface area (Å²) in [6, 6.07) is 1.73. The van der Waals surface area contributed by atoms with E-state index >= 15 is 0 Å².